The van der Waals surface area contributed by atoms with Crippen LogP contribution in [0.25, 0.3) is 0 Å². The molecule has 0 unspecified atom stereocenters. The van der Waals surface area contributed by atoms with Gasteiger partial charge in [-0.3, -0.25) is 0 Å². The van der Waals surface area contributed by atoms with Crippen molar-refractivity contribution in [2.45, 2.75) is 32.9 Å². The van der Waals surface area contributed by atoms with Gasteiger partial charge in [-0.15, -0.1) is 11.3 Å². The van der Waals surface area contributed by atoms with E-state index in [1.807, 2.05) is 26.2 Å². The molecule has 2 aromatic rings. The van der Waals surface area contributed by atoms with Gasteiger partial charge in [-0.1, -0.05) is 25.5 Å². The third-order valence-electron chi connectivity index (χ3n) is 3.25. The average molecular weight is 307 g/mol. The second kappa shape index (κ2) is 7.52. The largest absolute Gasteiger partial charge is 0.347 e. The Balaban J connectivity index is 2.12. The smallest absolute Gasteiger partial charge is 0.185 e. The van der Waals surface area contributed by atoms with E-state index in [0.29, 0.717) is 0 Å². The molecule has 1 aromatic carbocycles. The first-order valence-corrected chi connectivity index (χ1v) is 8.04. The van der Waals surface area contributed by atoms with Crippen LogP contribution in [0, 0.1) is 5.82 Å². The molecule has 0 aliphatic heterocycles. The lowest BCUT2D eigenvalue weighted by atomic mass is 10.2. The molecule has 5 heteroatoms. The number of rotatable bonds is 7. The van der Waals surface area contributed by atoms with Gasteiger partial charge in [0.1, 0.15) is 5.82 Å². The molecule has 0 saturated carbocycles. The minimum absolute atomic E-state index is 0.197. The summed E-state index contributed by atoms with van der Waals surface area (Å²) in [6.45, 7) is 3.76. The van der Waals surface area contributed by atoms with Crippen molar-refractivity contribution in [1.82, 2.24) is 10.3 Å². The van der Waals surface area contributed by atoms with Crippen molar-refractivity contribution in [2.75, 3.05) is 19.0 Å². The number of aromatic nitrogens is 1. The number of aryl methyl sites for hydroxylation is 1. The molecule has 0 spiro atoms. The van der Waals surface area contributed by atoms with Crippen LogP contribution in [0.3, 0.4) is 0 Å². The van der Waals surface area contributed by atoms with E-state index in [0.717, 1.165) is 36.6 Å². The van der Waals surface area contributed by atoms with Crippen molar-refractivity contribution in [3.8, 4) is 0 Å². The number of hydrogen-bond donors (Lipinski definition) is 1. The van der Waals surface area contributed by atoms with E-state index in [2.05, 4.69) is 17.1 Å². The van der Waals surface area contributed by atoms with Crippen LogP contribution in [-0.4, -0.2) is 19.1 Å². The minimum Gasteiger partial charge on any atom is -0.347 e. The third-order valence-corrected chi connectivity index (χ3v) is 4.46. The summed E-state index contributed by atoms with van der Waals surface area (Å²) in [4.78, 5) is 8.19. The Hall–Kier alpha value is -1.46. The monoisotopic (exact) mass is 307 g/mol. The summed E-state index contributed by atoms with van der Waals surface area (Å²) in [6, 6.07) is 6.64. The predicted octanol–water partition coefficient (Wildman–Crippen LogP) is 3.59. The first-order valence-electron chi connectivity index (χ1n) is 7.22. The summed E-state index contributed by atoms with van der Waals surface area (Å²) in [5.41, 5.74) is 2.28. The standard InChI is InChI=1S/C16H22FN3S/c1-4-5-14-15(10-18-2)21-16(19-14)20(3)11-12-6-8-13(17)9-7-12/h6-9,18H,4-5,10-11H2,1-3H3. The number of anilines is 1. The lowest BCUT2D eigenvalue weighted by Crippen LogP contribution is -2.16. The molecule has 0 saturated heterocycles. The van der Waals surface area contributed by atoms with Crippen molar-refractivity contribution in [3.05, 3.63) is 46.2 Å². The lowest BCUT2D eigenvalue weighted by molar-refractivity contribution is 0.627. The van der Waals surface area contributed by atoms with Gasteiger partial charge in [0.2, 0.25) is 0 Å². The van der Waals surface area contributed by atoms with Crippen molar-refractivity contribution in [1.29, 1.82) is 0 Å². The Labute approximate surface area is 129 Å². The van der Waals surface area contributed by atoms with Crippen molar-refractivity contribution >= 4 is 16.5 Å². The number of nitrogens with one attached hydrogen (secondary N) is 1. The maximum Gasteiger partial charge on any atom is 0.185 e. The average Bonchev–Trinajstić information content (AvgIpc) is 2.86. The van der Waals surface area contributed by atoms with E-state index in [9.17, 15) is 4.39 Å². The van der Waals surface area contributed by atoms with Crippen LogP contribution < -0.4 is 10.2 Å². The first-order chi connectivity index (χ1) is 10.1. The molecule has 0 bridgehead atoms. The maximum absolute atomic E-state index is 12.9. The van der Waals surface area contributed by atoms with Gasteiger partial charge in [0.25, 0.3) is 0 Å². The Kier molecular flexibility index (Phi) is 5.70. The van der Waals surface area contributed by atoms with E-state index in [-0.39, 0.29) is 5.82 Å². The zero-order valence-corrected chi connectivity index (χ0v) is 13.6. The molecule has 0 atom stereocenters. The summed E-state index contributed by atoms with van der Waals surface area (Å²) >= 11 is 1.73. The van der Waals surface area contributed by atoms with Gasteiger partial charge >= 0.3 is 0 Å². The van der Waals surface area contributed by atoms with Crippen molar-refractivity contribution < 1.29 is 4.39 Å². The van der Waals surface area contributed by atoms with Crippen LogP contribution >= 0.6 is 11.3 Å². The number of hydrogen-bond acceptors (Lipinski definition) is 4. The molecule has 1 heterocycles. The first kappa shape index (κ1) is 15.9. The number of halogens is 1. The van der Waals surface area contributed by atoms with Crippen LogP contribution in [0.4, 0.5) is 9.52 Å². The minimum atomic E-state index is -0.197. The van der Waals surface area contributed by atoms with Gasteiger partial charge in [0.05, 0.1) is 5.69 Å². The topological polar surface area (TPSA) is 28.2 Å². The van der Waals surface area contributed by atoms with Crippen molar-refractivity contribution in [2.24, 2.45) is 0 Å². The molecule has 1 aromatic heterocycles. The van der Waals surface area contributed by atoms with Crippen LogP contribution in [0.2, 0.25) is 0 Å². The lowest BCUT2D eigenvalue weighted by Gasteiger charge is -2.15. The summed E-state index contributed by atoms with van der Waals surface area (Å²) in [5.74, 6) is -0.197. The van der Waals surface area contributed by atoms with Crippen molar-refractivity contribution in [3.63, 3.8) is 0 Å². The highest BCUT2D eigenvalue weighted by molar-refractivity contribution is 7.15. The SMILES string of the molecule is CCCc1nc(N(C)Cc2ccc(F)cc2)sc1CNC. The normalized spacial score (nSPS) is 10.9. The molecule has 114 valence electrons. The number of nitrogens with zero attached hydrogens (tertiary/aromatic N) is 2. The van der Waals surface area contributed by atoms with Crippen LogP contribution in [0.5, 0.6) is 0 Å². The van der Waals surface area contributed by atoms with Crippen LogP contribution in [0.1, 0.15) is 29.5 Å². The highest BCUT2D eigenvalue weighted by Gasteiger charge is 2.13. The fourth-order valence-electron chi connectivity index (χ4n) is 2.20. The molecule has 1 N–H and O–H groups in total. The quantitative estimate of drug-likeness (QED) is 0.847. The fourth-order valence-corrected chi connectivity index (χ4v) is 3.27. The van der Waals surface area contributed by atoms with E-state index in [1.54, 1.807) is 11.3 Å². The predicted molar refractivity (Wildman–Crippen MR) is 87.4 cm³/mol. The zero-order chi connectivity index (χ0) is 15.2. The molecular weight excluding hydrogens is 285 g/mol. The fraction of sp³-hybridized carbons (Fsp3) is 0.438. The Morgan fingerprint density at radius 1 is 1.29 bits per heavy atom. The number of benzene rings is 1. The molecule has 0 fully saturated rings. The van der Waals surface area contributed by atoms with Gasteiger partial charge in [0, 0.05) is 25.0 Å². The summed E-state index contributed by atoms with van der Waals surface area (Å²) in [6.07, 6.45) is 2.11. The third kappa shape index (κ3) is 4.25. The van der Waals surface area contributed by atoms with Crippen LogP contribution in [-0.2, 0) is 19.5 Å². The molecule has 3 nitrogen and oxygen atoms in total. The zero-order valence-electron chi connectivity index (χ0n) is 12.8. The molecule has 0 aliphatic carbocycles. The Morgan fingerprint density at radius 2 is 2.00 bits per heavy atom. The van der Waals surface area contributed by atoms with Gasteiger partial charge in [-0.05, 0) is 31.2 Å². The Bertz CT molecular complexity index is 542. The van der Waals surface area contributed by atoms with Gasteiger partial charge in [-0.25, -0.2) is 9.37 Å². The van der Waals surface area contributed by atoms with Gasteiger partial charge < -0.3 is 10.2 Å². The summed E-state index contributed by atoms with van der Waals surface area (Å²) in [7, 11) is 3.98. The molecular formula is C16H22FN3S. The Morgan fingerprint density at radius 3 is 2.62 bits per heavy atom. The van der Waals surface area contributed by atoms with Gasteiger partial charge in [0.15, 0.2) is 5.13 Å². The molecule has 0 amide bonds. The summed E-state index contributed by atoms with van der Waals surface area (Å²) in [5, 5.41) is 4.22. The van der Waals surface area contributed by atoms with Gasteiger partial charge in [-0.2, -0.15) is 0 Å². The maximum atomic E-state index is 12.9. The molecule has 0 aliphatic rings. The van der Waals surface area contributed by atoms with E-state index >= 15 is 0 Å². The second-order valence-corrected chi connectivity index (χ2v) is 6.19. The molecule has 0 radical (unpaired) electrons. The highest BCUT2D eigenvalue weighted by Crippen LogP contribution is 2.27. The van der Waals surface area contributed by atoms with E-state index in [4.69, 9.17) is 4.98 Å². The number of thiazole rings is 1. The second-order valence-electron chi connectivity index (χ2n) is 5.13. The van der Waals surface area contributed by atoms with Crippen LogP contribution in [0.15, 0.2) is 24.3 Å². The summed E-state index contributed by atoms with van der Waals surface area (Å²) < 4.78 is 12.9. The molecule has 2 rings (SSSR count). The highest BCUT2D eigenvalue weighted by atomic mass is 32.1. The molecule has 21 heavy (non-hydrogen) atoms. The van der Waals surface area contributed by atoms with E-state index < -0.39 is 0 Å². The van der Waals surface area contributed by atoms with E-state index in [1.165, 1.54) is 22.7 Å².